The van der Waals surface area contributed by atoms with Crippen molar-refractivity contribution in [3.8, 4) is 5.75 Å². The second kappa shape index (κ2) is 7.45. The third kappa shape index (κ3) is 4.88. The van der Waals surface area contributed by atoms with Gasteiger partial charge in [0.2, 0.25) is 0 Å². The first-order chi connectivity index (χ1) is 8.17. The number of hydrogen-bond acceptors (Lipinski definition) is 4. The molecular formula is C12H15ClO3S. The monoisotopic (exact) mass is 274 g/mol. The number of carbonyl (C=O) groups is 1. The lowest BCUT2D eigenvalue weighted by Crippen LogP contribution is -2.07. The molecule has 17 heavy (non-hydrogen) atoms. The Labute approximate surface area is 110 Å². The van der Waals surface area contributed by atoms with Gasteiger partial charge >= 0.3 is 5.97 Å². The van der Waals surface area contributed by atoms with E-state index in [9.17, 15) is 4.79 Å². The van der Waals surface area contributed by atoms with E-state index in [1.54, 1.807) is 30.8 Å². The summed E-state index contributed by atoms with van der Waals surface area (Å²) in [5, 5.41) is 0.515. The van der Waals surface area contributed by atoms with Crippen molar-refractivity contribution in [2.75, 3.05) is 18.8 Å². The lowest BCUT2D eigenvalue weighted by molar-refractivity contribution is -0.142. The van der Waals surface area contributed by atoms with Crippen LogP contribution in [0.4, 0.5) is 0 Å². The van der Waals surface area contributed by atoms with Crippen molar-refractivity contribution in [1.82, 2.24) is 0 Å². The molecule has 0 N–H and O–H groups in total. The standard InChI is InChI=1S/C12H15ClO3S/c1-3-15-12(14)7-9-4-5-11(10(13)6-9)16-8-17-2/h4-6H,3,7-8H2,1-2H3. The molecule has 0 amide bonds. The molecule has 94 valence electrons. The van der Waals surface area contributed by atoms with Gasteiger partial charge in [-0.3, -0.25) is 4.79 Å². The first-order valence-electron chi connectivity index (χ1n) is 5.23. The Morgan fingerprint density at radius 1 is 1.47 bits per heavy atom. The van der Waals surface area contributed by atoms with Crippen LogP contribution in [0.15, 0.2) is 18.2 Å². The Bertz CT molecular complexity index is 382. The van der Waals surface area contributed by atoms with Crippen molar-refractivity contribution in [2.45, 2.75) is 13.3 Å². The molecule has 0 aliphatic heterocycles. The molecule has 0 aliphatic carbocycles. The van der Waals surface area contributed by atoms with Gasteiger partial charge in [0.05, 0.1) is 18.1 Å². The highest BCUT2D eigenvalue weighted by atomic mass is 35.5. The summed E-state index contributed by atoms with van der Waals surface area (Å²) >= 11 is 7.61. The van der Waals surface area contributed by atoms with E-state index in [0.29, 0.717) is 23.3 Å². The summed E-state index contributed by atoms with van der Waals surface area (Å²) in [6.45, 7) is 2.17. The van der Waals surface area contributed by atoms with Gasteiger partial charge in [-0.2, -0.15) is 0 Å². The molecule has 1 aromatic carbocycles. The van der Waals surface area contributed by atoms with Crippen molar-refractivity contribution < 1.29 is 14.3 Å². The maximum atomic E-state index is 11.3. The Morgan fingerprint density at radius 2 is 2.24 bits per heavy atom. The van der Waals surface area contributed by atoms with Crippen molar-refractivity contribution in [1.29, 1.82) is 0 Å². The Hall–Kier alpha value is -0.870. The summed E-state index contributed by atoms with van der Waals surface area (Å²) in [4.78, 5) is 11.3. The fraction of sp³-hybridized carbons (Fsp3) is 0.417. The normalized spacial score (nSPS) is 10.1. The zero-order valence-corrected chi connectivity index (χ0v) is 11.4. The summed E-state index contributed by atoms with van der Waals surface area (Å²) in [5.41, 5.74) is 0.824. The number of benzene rings is 1. The number of hydrogen-bond donors (Lipinski definition) is 0. The van der Waals surface area contributed by atoms with E-state index in [-0.39, 0.29) is 12.4 Å². The van der Waals surface area contributed by atoms with Crippen LogP contribution in [0.5, 0.6) is 5.75 Å². The summed E-state index contributed by atoms with van der Waals surface area (Å²) in [7, 11) is 0. The fourth-order valence-corrected chi connectivity index (χ4v) is 1.77. The van der Waals surface area contributed by atoms with Crippen LogP contribution < -0.4 is 4.74 Å². The molecule has 0 bridgehead atoms. The zero-order valence-electron chi connectivity index (χ0n) is 9.86. The van der Waals surface area contributed by atoms with Gasteiger partial charge < -0.3 is 9.47 Å². The molecule has 1 rings (SSSR count). The van der Waals surface area contributed by atoms with Gasteiger partial charge in [-0.05, 0) is 30.9 Å². The van der Waals surface area contributed by atoms with Gasteiger partial charge in [-0.1, -0.05) is 17.7 Å². The van der Waals surface area contributed by atoms with Crippen LogP contribution in [0, 0.1) is 0 Å². The fourth-order valence-electron chi connectivity index (χ4n) is 1.27. The number of esters is 1. The van der Waals surface area contributed by atoms with Crippen LogP contribution in [0.3, 0.4) is 0 Å². The molecular weight excluding hydrogens is 260 g/mol. The SMILES string of the molecule is CCOC(=O)Cc1ccc(OCSC)c(Cl)c1. The molecule has 0 fully saturated rings. The van der Waals surface area contributed by atoms with Crippen molar-refractivity contribution in [2.24, 2.45) is 0 Å². The number of ether oxygens (including phenoxy) is 2. The molecule has 0 saturated carbocycles. The highest BCUT2D eigenvalue weighted by Gasteiger charge is 2.07. The van der Waals surface area contributed by atoms with E-state index in [0.717, 1.165) is 5.56 Å². The number of halogens is 1. The molecule has 0 heterocycles. The van der Waals surface area contributed by atoms with Crippen LogP contribution in [-0.2, 0) is 16.0 Å². The summed E-state index contributed by atoms with van der Waals surface area (Å²) in [5.74, 6) is 0.937. The molecule has 1 aromatic rings. The topological polar surface area (TPSA) is 35.5 Å². The summed E-state index contributed by atoms with van der Waals surface area (Å²) in [6.07, 6.45) is 2.18. The van der Waals surface area contributed by atoms with Gasteiger partial charge in [0.1, 0.15) is 11.7 Å². The minimum Gasteiger partial charge on any atom is -0.481 e. The maximum Gasteiger partial charge on any atom is 0.310 e. The largest absolute Gasteiger partial charge is 0.481 e. The maximum absolute atomic E-state index is 11.3. The van der Waals surface area contributed by atoms with E-state index < -0.39 is 0 Å². The average Bonchev–Trinajstić information content (AvgIpc) is 2.28. The summed E-state index contributed by atoms with van der Waals surface area (Å²) in [6, 6.07) is 5.32. The molecule has 5 heteroatoms. The van der Waals surface area contributed by atoms with Crippen LogP contribution in [0.2, 0.25) is 5.02 Å². The molecule has 0 atom stereocenters. The molecule has 0 saturated heterocycles. The lowest BCUT2D eigenvalue weighted by atomic mass is 10.1. The number of rotatable bonds is 6. The molecule has 3 nitrogen and oxygen atoms in total. The van der Waals surface area contributed by atoms with Gasteiger partial charge in [-0.25, -0.2) is 0 Å². The van der Waals surface area contributed by atoms with Crippen LogP contribution in [0.25, 0.3) is 0 Å². The molecule has 0 aromatic heterocycles. The van der Waals surface area contributed by atoms with E-state index in [1.165, 1.54) is 0 Å². The Balaban J connectivity index is 2.64. The first-order valence-corrected chi connectivity index (χ1v) is 7.00. The number of thioether (sulfide) groups is 1. The van der Waals surface area contributed by atoms with E-state index in [4.69, 9.17) is 21.1 Å². The predicted molar refractivity (Wildman–Crippen MR) is 70.8 cm³/mol. The Morgan fingerprint density at radius 3 is 2.82 bits per heavy atom. The minimum atomic E-state index is -0.249. The smallest absolute Gasteiger partial charge is 0.310 e. The summed E-state index contributed by atoms with van der Waals surface area (Å²) < 4.78 is 10.3. The zero-order chi connectivity index (χ0) is 12.7. The molecule has 0 unspecified atom stereocenters. The van der Waals surface area contributed by atoms with Crippen molar-refractivity contribution >= 4 is 29.3 Å². The van der Waals surface area contributed by atoms with E-state index in [1.807, 2.05) is 12.3 Å². The van der Waals surface area contributed by atoms with Gasteiger partial charge in [0.25, 0.3) is 0 Å². The highest BCUT2D eigenvalue weighted by molar-refractivity contribution is 7.98. The van der Waals surface area contributed by atoms with Gasteiger partial charge in [0, 0.05) is 0 Å². The molecule has 0 aliphatic rings. The molecule has 0 radical (unpaired) electrons. The first kappa shape index (κ1) is 14.2. The van der Waals surface area contributed by atoms with Crippen LogP contribution in [0.1, 0.15) is 12.5 Å². The van der Waals surface area contributed by atoms with Crippen molar-refractivity contribution in [3.05, 3.63) is 28.8 Å². The quantitative estimate of drug-likeness (QED) is 0.590. The highest BCUT2D eigenvalue weighted by Crippen LogP contribution is 2.26. The lowest BCUT2D eigenvalue weighted by Gasteiger charge is -2.08. The Kier molecular flexibility index (Phi) is 6.22. The third-order valence-corrected chi connectivity index (χ3v) is 2.63. The second-order valence-corrected chi connectivity index (χ2v) is 4.52. The third-order valence-electron chi connectivity index (χ3n) is 1.98. The van der Waals surface area contributed by atoms with Gasteiger partial charge in [-0.15, -0.1) is 11.8 Å². The van der Waals surface area contributed by atoms with Crippen LogP contribution in [-0.4, -0.2) is 24.8 Å². The van der Waals surface area contributed by atoms with Crippen molar-refractivity contribution in [3.63, 3.8) is 0 Å². The number of carbonyl (C=O) groups excluding carboxylic acids is 1. The molecule has 0 spiro atoms. The van der Waals surface area contributed by atoms with E-state index >= 15 is 0 Å². The average molecular weight is 275 g/mol. The second-order valence-electron chi connectivity index (χ2n) is 3.30. The predicted octanol–water partition coefficient (Wildman–Crippen LogP) is 3.14. The van der Waals surface area contributed by atoms with Crippen LogP contribution >= 0.6 is 23.4 Å². The van der Waals surface area contributed by atoms with Gasteiger partial charge in [0.15, 0.2) is 0 Å². The van der Waals surface area contributed by atoms with E-state index in [2.05, 4.69) is 0 Å². The minimum absolute atomic E-state index is 0.233.